The van der Waals surface area contributed by atoms with Gasteiger partial charge in [0.2, 0.25) is 0 Å². The van der Waals surface area contributed by atoms with Gasteiger partial charge in [0, 0.05) is 38.1 Å². The quantitative estimate of drug-likeness (QED) is 0.713. The predicted octanol–water partition coefficient (Wildman–Crippen LogP) is 1.90. The molecule has 16 heavy (non-hydrogen) atoms. The average Bonchev–Trinajstić information content (AvgIpc) is 2.34. The van der Waals surface area contributed by atoms with Gasteiger partial charge in [-0.1, -0.05) is 13.0 Å². The van der Waals surface area contributed by atoms with Gasteiger partial charge in [-0.2, -0.15) is 0 Å². The Bertz CT molecular complexity index is 274. The molecule has 1 aromatic heterocycles. The van der Waals surface area contributed by atoms with E-state index >= 15 is 0 Å². The first-order valence-corrected chi connectivity index (χ1v) is 6.04. The SMILES string of the molecule is CCC(C)N(C)CCNCc1cccnc1. The Morgan fingerprint density at radius 2 is 2.31 bits per heavy atom. The zero-order valence-corrected chi connectivity index (χ0v) is 10.6. The summed E-state index contributed by atoms with van der Waals surface area (Å²) in [6.45, 7) is 7.51. The highest BCUT2D eigenvalue weighted by Gasteiger charge is 2.04. The minimum absolute atomic E-state index is 0.667. The van der Waals surface area contributed by atoms with Crippen molar-refractivity contribution in [1.82, 2.24) is 15.2 Å². The van der Waals surface area contributed by atoms with Gasteiger partial charge in [0.25, 0.3) is 0 Å². The van der Waals surface area contributed by atoms with Gasteiger partial charge in [0.1, 0.15) is 0 Å². The first kappa shape index (κ1) is 13.1. The molecule has 0 radical (unpaired) electrons. The molecule has 1 atom stereocenters. The second-order valence-electron chi connectivity index (χ2n) is 4.28. The van der Waals surface area contributed by atoms with E-state index in [1.807, 2.05) is 12.3 Å². The van der Waals surface area contributed by atoms with E-state index in [1.54, 1.807) is 6.20 Å². The number of rotatable bonds is 7. The minimum Gasteiger partial charge on any atom is -0.311 e. The molecule has 0 aliphatic rings. The van der Waals surface area contributed by atoms with Crippen LogP contribution in [0.1, 0.15) is 25.8 Å². The van der Waals surface area contributed by atoms with Crippen LogP contribution in [0.5, 0.6) is 0 Å². The zero-order valence-electron chi connectivity index (χ0n) is 10.6. The van der Waals surface area contributed by atoms with Crippen molar-refractivity contribution in [3.05, 3.63) is 30.1 Å². The van der Waals surface area contributed by atoms with Gasteiger partial charge >= 0.3 is 0 Å². The first-order chi connectivity index (χ1) is 7.74. The van der Waals surface area contributed by atoms with Crippen molar-refractivity contribution in [3.63, 3.8) is 0 Å². The van der Waals surface area contributed by atoms with Crippen LogP contribution in [-0.4, -0.2) is 36.1 Å². The van der Waals surface area contributed by atoms with E-state index in [0.717, 1.165) is 19.6 Å². The maximum atomic E-state index is 4.09. The fourth-order valence-electron chi connectivity index (χ4n) is 1.52. The van der Waals surface area contributed by atoms with Crippen LogP contribution < -0.4 is 5.32 Å². The van der Waals surface area contributed by atoms with Crippen LogP contribution in [0.3, 0.4) is 0 Å². The summed E-state index contributed by atoms with van der Waals surface area (Å²) in [5.74, 6) is 0. The van der Waals surface area contributed by atoms with E-state index in [2.05, 4.69) is 42.2 Å². The lowest BCUT2D eigenvalue weighted by atomic mass is 10.2. The van der Waals surface area contributed by atoms with Crippen LogP contribution in [0.25, 0.3) is 0 Å². The van der Waals surface area contributed by atoms with E-state index < -0.39 is 0 Å². The van der Waals surface area contributed by atoms with E-state index in [9.17, 15) is 0 Å². The first-order valence-electron chi connectivity index (χ1n) is 6.04. The fourth-order valence-corrected chi connectivity index (χ4v) is 1.52. The molecular formula is C13H23N3. The Hall–Kier alpha value is -0.930. The van der Waals surface area contributed by atoms with Crippen molar-refractivity contribution in [2.45, 2.75) is 32.9 Å². The molecule has 1 aromatic rings. The molecular weight excluding hydrogens is 198 g/mol. The van der Waals surface area contributed by atoms with Crippen molar-refractivity contribution in [2.24, 2.45) is 0 Å². The number of pyridine rings is 1. The number of aromatic nitrogens is 1. The number of nitrogens with zero attached hydrogens (tertiary/aromatic N) is 2. The molecule has 0 amide bonds. The van der Waals surface area contributed by atoms with Gasteiger partial charge < -0.3 is 10.2 Å². The van der Waals surface area contributed by atoms with Crippen LogP contribution in [0.4, 0.5) is 0 Å². The monoisotopic (exact) mass is 221 g/mol. The third-order valence-corrected chi connectivity index (χ3v) is 3.04. The minimum atomic E-state index is 0.667. The Morgan fingerprint density at radius 3 is 2.94 bits per heavy atom. The Labute approximate surface area is 98.9 Å². The smallest absolute Gasteiger partial charge is 0.0312 e. The number of hydrogen-bond donors (Lipinski definition) is 1. The van der Waals surface area contributed by atoms with Gasteiger partial charge in [-0.3, -0.25) is 4.98 Å². The van der Waals surface area contributed by atoms with E-state index in [1.165, 1.54) is 12.0 Å². The summed E-state index contributed by atoms with van der Waals surface area (Å²) in [5.41, 5.74) is 1.24. The molecule has 0 saturated carbocycles. The van der Waals surface area contributed by atoms with Gasteiger partial charge in [0.05, 0.1) is 0 Å². The van der Waals surface area contributed by atoms with Gasteiger partial charge in [-0.05, 0) is 32.0 Å². The van der Waals surface area contributed by atoms with E-state index in [4.69, 9.17) is 0 Å². The molecule has 0 saturated heterocycles. The van der Waals surface area contributed by atoms with Crippen LogP contribution >= 0.6 is 0 Å². The molecule has 0 fully saturated rings. The van der Waals surface area contributed by atoms with E-state index in [-0.39, 0.29) is 0 Å². The number of hydrogen-bond acceptors (Lipinski definition) is 3. The van der Waals surface area contributed by atoms with Crippen LogP contribution in [0, 0.1) is 0 Å². The van der Waals surface area contributed by atoms with Crippen LogP contribution in [-0.2, 0) is 6.54 Å². The van der Waals surface area contributed by atoms with Gasteiger partial charge in [-0.25, -0.2) is 0 Å². The fraction of sp³-hybridized carbons (Fsp3) is 0.615. The third kappa shape index (κ3) is 4.73. The van der Waals surface area contributed by atoms with Crippen molar-refractivity contribution in [3.8, 4) is 0 Å². The summed E-state index contributed by atoms with van der Waals surface area (Å²) in [6, 6.07) is 4.74. The Balaban J connectivity index is 2.13. The van der Waals surface area contributed by atoms with Crippen molar-refractivity contribution < 1.29 is 0 Å². The lowest BCUT2D eigenvalue weighted by molar-refractivity contribution is 0.251. The molecule has 3 heteroatoms. The summed E-state index contributed by atoms with van der Waals surface area (Å²) in [5, 5.41) is 3.43. The Morgan fingerprint density at radius 1 is 1.50 bits per heavy atom. The topological polar surface area (TPSA) is 28.2 Å². The van der Waals surface area contributed by atoms with Crippen LogP contribution in [0.15, 0.2) is 24.5 Å². The molecule has 90 valence electrons. The molecule has 0 aliphatic heterocycles. The second kappa shape index (κ2) is 7.36. The normalized spacial score (nSPS) is 13.0. The Kier molecular flexibility index (Phi) is 6.04. The molecule has 0 bridgehead atoms. The number of nitrogens with one attached hydrogen (secondary N) is 1. The maximum Gasteiger partial charge on any atom is 0.0312 e. The molecule has 1 rings (SSSR count). The molecule has 1 N–H and O–H groups in total. The number of likely N-dealkylation sites (N-methyl/N-ethyl adjacent to an activating group) is 1. The third-order valence-electron chi connectivity index (χ3n) is 3.04. The lowest BCUT2D eigenvalue weighted by Crippen LogP contribution is -2.34. The summed E-state index contributed by atoms with van der Waals surface area (Å²) >= 11 is 0. The van der Waals surface area contributed by atoms with Gasteiger partial charge in [-0.15, -0.1) is 0 Å². The molecule has 1 heterocycles. The highest BCUT2D eigenvalue weighted by Crippen LogP contribution is 1.98. The molecule has 0 aliphatic carbocycles. The average molecular weight is 221 g/mol. The second-order valence-corrected chi connectivity index (χ2v) is 4.28. The molecule has 1 unspecified atom stereocenters. The lowest BCUT2D eigenvalue weighted by Gasteiger charge is -2.23. The van der Waals surface area contributed by atoms with Crippen molar-refractivity contribution in [2.75, 3.05) is 20.1 Å². The van der Waals surface area contributed by atoms with E-state index in [0.29, 0.717) is 6.04 Å². The molecule has 3 nitrogen and oxygen atoms in total. The highest BCUT2D eigenvalue weighted by molar-refractivity contribution is 5.07. The van der Waals surface area contributed by atoms with Crippen molar-refractivity contribution >= 4 is 0 Å². The summed E-state index contributed by atoms with van der Waals surface area (Å²) in [4.78, 5) is 6.47. The van der Waals surface area contributed by atoms with Crippen molar-refractivity contribution in [1.29, 1.82) is 0 Å². The molecule has 0 spiro atoms. The standard InChI is InChI=1S/C13H23N3/c1-4-12(2)16(3)9-8-15-11-13-6-5-7-14-10-13/h5-7,10,12,15H,4,8-9,11H2,1-3H3. The molecule has 0 aromatic carbocycles. The maximum absolute atomic E-state index is 4.09. The summed E-state index contributed by atoms with van der Waals surface area (Å²) in [7, 11) is 2.18. The summed E-state index contributed by atoms with van der Waals surface area (Å²) < 4.78 is 0. The summed E-state index contributed by atoms with van der Waals surface area (Å²) in [6.07, 6.45) is 4.92. The largest absolute Gasteiger partial charge is 0.311 e. The van der Waals surface area contributed by atoms with Crippen LogP contribution in [0.2, 0.25) is 0 Å². The zero-order chi connectivity index (χ0) is 11.8. The highest BCUT2D eigenvalue weighted by atomic mass is 15.1. The van der Waals surface area contributed by atoms with Gasteiger partial charge in [0.15, 0.2) is 0 Å². The predicted molar refractivity (Wildman–Crippen MR) is 68.3 cm³/mol.